The minimum Gasteiger partial charge on any atom is -0.326 e. The van der Waals surface area contributed by atoms with Crippen LogP contribution in [0.15, 0.2) is 64.7 Å². The van der Waals surface area contributed by atoms with E-state index in [4.69, 9.17) is 5.73 Å². The molecule has 0 saturated carbocycles. The summed E-state index contributed by atoms with van der Waals surface area (Å²) in [5.74, 6) is 0.803. The van der Waals surface area contributed by atoms with Gasteiger partial charge in [-0.05, 0) is 18.2 Å². The largest absolute Gasteiger partial charge is 0.326 e. The molecule has 0 amide bonds. The number of benzene rings is 2. The first-order valence-electron chi connectivity index (χ1n) is 7.92. The molecule has 7 heteroatoms. The lowest BCUT2D eigenvalue weighted by Gasteiger charge is -2.37. The minimum absolute atomic E-state index is 0.0643. The Hall–Kier alpha value is -3.16. The Morgan fingerprint density at radius 3 is 2.60 bits per heavy atom. The molecule has 2 aromatic carbocycles. The third-order valence-electron chi connectivity index (χ3n) is 4.57. The van der Waals surface area contributed by atoms with E-state index >= 15 is 0 Å². The smallest absolute Gasteiger partial charge is 0.269 e. The topological polar surface area (TPSA) is 93.9 Å². The van der Waals surface area contributed by atoms with Crippen LogP contribution in [0.25, 0.3) is 5.70 Å². The average Bonchev–Trinajstić information content (AvgIpc) is 3.01. The zero-order chi connectivity index (χ0) is 17.4. The first kappa shape index (κ1) is 15.4. The first-order chi connectivity index (χ1) is 12.2. The molecule has 4 rings (SSSR count). The molecule has 0 saturated heterocycles. The standard InChI is InChI=1S/C18H16N5O2/c19-9-10-23-16-4-2-1-3-15(16)20-12-18(23)21-11-17(23)13-5-7-14(8-6-13)22(24)25/h1-8,11-12H,9-10,19H2/q+1. The maximum absolute atomic E-state index is 10.9. The third-order valence-corrected chi connectivity index (χ3v) is 4.57. The fourth-order valence-corrected chi connectivity index (χ4v) is 3.45. The van der Waals surface area contributed by atoms with E-state index in [0.717, 1.165) is 28.5 Å². The van der Waals surface area contributed by atoms with Gasteiger partial charge in [0.2, 0.25) is 0 Å². The van der Waals surface area contributed by atoms with Crippen LogP contribution >= 0.6 is 0 Å². The molecule has 0 aliphatic carbocycles. The summed E-state index contributed by atoms with van der Waals surface area (Å²) >= 11 is 0. The maximum Gasteiger partial charge on any atom is 0.269 e. The van der Waals surface area contributed by atoms with Crippen LogP contribution in [0.4, 0.5) is 17.1 Å². The molecule has 2 N–H and O–H groups in total. The van der Waals surface area contributed by atoms with Crippen LogP contribution in [0.1, 0.15) is 5.56 Å². The van der Waals surface area contributed by atoms with Gasteiger partial charge in [-0.25, -0.2) is 9.48 Å². The van der Waals surface area contributed by atoms with Crippen LogP contribution in [0, 0.1) is 10.1 Å². The van der Waals surface area contributed by atoms with Gasteiger partial charge in [-0.2, -0.15) is 4.99 Å². The van der Waals surface area contributed by atoms with Gasteiger partial charge in [-0.3, -0.25) is 10.1 Å². The van der Waals surface area contributed by atoms with Crippen molar-refractivity contribution in [2.24, 2.45) is 15.7 Å². The Kier molecular flexibility index (Phi) is 3.52. The van der Waals surface area contributed by atoms with Gasteiger partial charge in [-0.15, -0.1) is 0 Å². The van der Waals surface area contributed by atoms with Crippen LogP contribution in [0.2, 0.25) is 0 Å². The summed E-state index contributed by atoms with van der Waals surface area (Å²) in [5.41, 5.74) is 9.71. The molecule has 0 fully saturated rings. The number of nitrogens with zero attached hydrogens (tertiary/aromatic N) is 4. The molecule has 0 aromatic heterocycles. The lowest BCUT2D eigenvalue weighted by molar-refractivity contribution is -0.384. The summed E-state index contributed by atoms with van der Waals surface area (Å²) in [6, 6.07) is 14.4. The maximum atomic E-state index is 10.9. The van der Waals surface area contributed by atoms with Crippen molar-refractivity contribution in [2.75, 3.05) is 13.1 Å². The van der Waals surface area contributed by atoms with Gasteiger partial charge in [0.05, 0.1) is 11.1 Å². The van der Waals surface area contributed by atoms with Gasteiger partial charge in [0, 0.05) is 30.3 Å². The van der Waals surface area contributed by atoms with E-state index in [2.05, 4.69) is 9.98 Å². The number of hydrogen-bond acceptors (Lipinski definition) is 5. The number of fused-ring (bicyclic) bond motifs is 3. The molecule has 0 radical (unpaired) electrons. The summed E-state index contributed by atoms with van der Waals surface area (Å²) in [7, 11) is 0. The van der Waals surface area contributed by atoms with Crippen molar-refractivity contribution in [3.63, 3.8) is 0 Å². The van der Waals surface area contributed by atoms with E-state index in [1.807, 2.05) is 24.3 Å². The van der Waals surface area contributed by atoms with Crippen molar-refractivity contribution in [1.29, 1.82) is 0 Å². The van der Waals surface area contributed by atoms with Crippen molar-refractivity contribution >= 4 is 34.8 Å². The normalized spacial score (nSPS) is 20.5. The summed E-state index contributed by atoms with van der Waals surface area (Å²) in [5, 5.41) is 10.9. The number of rotatable bonds is 4. The summed E-state index contributed by atoms with van der Waals surface area (Å²) < 4.78 is 0.383. The highest BCUT2D eigenvalue weighted by Crippen LogP contribution is 2.45. The lowest BCUT2D eigenvalue weighted by atomic mass is 10.0. The SMILES string of the molecule is NCC[N+]12C(c3ccc([N+](=O)[O-])cc3)=CN=C1C=Nc1ccccc12. The molecule has 0 bridgehead atoms. The van der Waals surface area contributed by atoms with E-state index in [1.54, 1.807) is 24.5 Å². The molecular formula is C18H16N5O2+. The number of aliphatic imine (C=N–C) groups is 2. The molecule has 2 aliphatic heterocycles. The van der Waals surface area contributed by atoms with E-state index in [-0.39, 0.29) is 5.69 Å². The first-order valence-corrected chi connectivity index (χ1v) is 7.92. The quantitative estimate of drug-likeness (QED) is 0.529. The number of hydrogen-bond donors (Lipinski definition) is 1. The zero-order valence-electron chi connectivity index (χ0n) is 13.4. The van der Waals surface area contributed by atoms with E-state index < -0.39 is 4.92 Å². The number of quaternary nitrogens is 1. The summed E-state index contributed by atoms with van der Waals surface area (Å²) in [4.78, 5) is 19.6. The van der Waals surface area contributed by atoms with E-state index in [0.29, 0.717) is 17.6 Å². The second kappa shape index (κ2) is 5.73. The van der Waals surface area contributed by atoms with Gasteiger partial charge in [0.15, 0.2) is 11.4 Å². The van der Waals surface area contributed by atoms with Crippen molar-refractivity contribution in [3.8, 4) is 0 Å². The number of nitro benzene ring substituents is 1. The Labute approximate surface area is 144 Å². The second-order valence-electron chi connectivity index (χ2n) is 5.87. The molecular weight excluding hydrogens is 318 g/mol. The predicted molar refractivity (Wildman–Crippen MR) is 98.8 cm³/mol. The highest BCUT2D eigenvalue weighted by atomic mass is 16.6. The predicted octanol–water partition coefficient (Wildman–Crippen LogP) is 2.99. The molecule has 1 unspecified atom stereocenters. The minimum atomic E-state index is -0.401. The van der Waals surface area contributed by atoms with E-state index in [9.17, 15) is 10.1 Å². The number of nitrogens with two attached hydrogens (primary N) is 1. The zero-order valence-corrected chi connectivity index (χ0v) is 13.4. The number of nitro groups is 1. The fraction of sp³-hybridized carbons (Fsp3) is 0.111. The molecule has 1 atom stereocenters. The van der Waals surface area contributed by atoms with E-state index in [1.165, 1.54) is 12.1 Å². The van der Waals surface area contributed by atoms with Crippen LogP contribution in [-0.2, 0) is 0 Å². The van der Waals surface area contributed by atoms with Crippen LogP contribution in [-0.4, -0.2) is 30.1 Å². The number of non-ortho nitro benzene ring substituents is 1. The highest BCUT2D eigenvalue weighted by molar-refractivity contribution is 6.39. The van der Waals surface area contributed by atoms with Crippen molar-refractivity contribution in [2.45, 2.75) is 0 Å². The molecule has 7 nitrogen and oxygen atoms in total. The van der Waals surface area contributed by atoms with Crippen molar-refractivity contribution in [3.05, 3.63) is 70.4 Å². The van der Waals surface area contributed by atoms with Crippen LogP contribution in [0.3, 0.4) is 0 Å². The Morgan fingerprint density at radius 2 is 1.88 bits per heavy atom. The van der Waals surface area contributed by atoms with Crippen molar-refractivity contribution in [1.82, 2.24) is 4.48 Å². The van der Waals surface area contributed by atoms with Crippen LogP contribution in [0.5, 0.6) is 0 Å². The lowest BCUT2D eigenvalue weighted by Crippen LogP contribution is -2.54. The monoisotopic (exact) mass is 334 g/mol. The third kappa shape index (κ3) is 2.21. The molecule has 2 aliphatic rings. The Balaban J connectivity index is 1.87. The average molecular weight is 334 g/mol. The molecule has 124 valence electrons. The van der Waals surface area contributed by atoms with Crippen LogP contribution < -0.4 is 10.2 Å². The van der Waals surface area contributed by atoms with Gasteiger partial charge < -0.3 is 5.73 Å². The summed E-state index contributed by atoms with van der Waals surface area (Å²) in [6.45, 7) is 1.09. The Bertz CT molecular complexity index is 946. The molecule has 0 spiro atoms. The highest BCUT2D eigenvalue weighted by Gasteiger charge is 2.47. The molecule has 2 aromatic rings. The number of amidine groups is 1. The Morgan fingerprint density at radius 1 is 1.12 bits per heavy atom. The molecule has 2 heterocycles. The fourth-order valence-electron chi connectivity index (χ4n) is 3.45. The van der Waals surface area contributed by atoms with Gasteiger partial charge in [0.1, 0.15) is 18.4 Å². The van der Waals surface area contributed by atoms with Gasteiger partial charge in [-0.1, -0.05) is 12.1 Å². The van der Waals surface area contributed by atoms with Gasteiger partial charge >= 0.3 is 0 Å². The van der Waals surface area contributed by atoms with Gasteiger partial charge in [0.25, 0.3) is 11.5 Å². The molecule has 25 heavy (non-hydrogen) atoms. The summed E-state index contributed by atoms with van der Waals surface area (Å²) in [6.07, 6.45) is 3.58. The van der Waals surface area contributed by atoms with Crippen molar-refractivity contribution < 1.29 is 4.92 Å². The number of para-hydroxylation sites is 2. The second-order valence-corrected chi connectivity index (χ2v) is 5.87.